The molecule has 0 aromatic rings. The molecule has 0 radical (unpaired) electrons. The van der Waals surface area contributed by atoms with E-state index in [4.69, 9.17) is 4.74 Å². The Morgan fingerprint density at radius 2 is 1.90 bits per heavy atom. The van der Waals surface area contributed by atoms with Crippen molar-refractivity contribution in [3.8, 4) is 0 Å². The fourth-order valence-electron chi connectivity index (χ4n) is 2.98. The number of carbonyl (C=O) groups is 3. The molecule has 5 nitrogen and oxygen atoms in total. The second-order valence-electron chi connectivity index (χ2n) is 6.54. The molecule has 2 fully saturated rings. The third kappa shape index (κ3) is 2.45. The van der Waals surface area contributed by atoms with Gasteiger partial charge >= 0.3 is 5.97 Å². The van der Waals surface area contributed by atoms with Crippen molar-refractivity contribution in [3.05, 3.63) is 0 Å². The minimum atomic E-state index is -0.593. The second-order valence-corrected chi connectivity index (χ2v) is 6.54. The second kappa shape index (κ2) is 5.19. The summed E-state index contributed by atoms with van der Waals surface area (Å²) in [6, 6.07) is 0. The summed E-state index contributed by atoms with van der Waals surface area (Å²) in [5.74, 6) is -0.895. The van der Waals surface area contributed by atoms with Gasteiger partial charge < -0.3 is 4.74 Å². The Morgan fingerprint density at radius 1 is 1.30 bits per heavy atom. The van der Waals surface area contributed by atoms with Crippen molar-refractivity contribution in [2.24, 2.45) is 5.41 Å². The van der Waals surface area contributed by atoms with E-state index < -0.39 is 5.41 Å². The molecule has 2 rings (SSSR count). The van der Waals surface area contributed by atoms with Gasteiger partial charge in [-0.1, -0.05) is 19.8 Å². The summed E-state index contributed by atoms with van der Waals surface area (Å²) < 4.78 is 5.09. The van der Waals surface area contributed by atoms with Crippen LogP contribution in [-0.2, 0) is 19.1 Å². The number of rotatable bonds is 4. The highest BCUT2D eigenvalue weighted by atomic mass is 16.5. The van der Waals surface area contributed by atoms with Gasteiger partial charge in [-0.25, -0.2) is 0 Å². The van der Waals surface area contributed by atoms with Crippen molar-refractivity contribution in [2.45, 2.75) is 64.8 Å². The molecule has 1 saturated carbocycles. The van der Waals surface area contributed by atoms with Gasteiger partial charge in [0, 0.05) is 0 Å². The molecule has 20 heavy (non-hydrogen) atoms. The maximum Gasteiger partial charge on any atom is 0.312 e. The Morgan fingerprint density at radius 3 is 2.40 bits per heavy atom. The largest absolute Gasteiger partial charge is 0.455 e. The summed E-state index contributed by atoms with van der Waals surface area (Å²) in [6.07, 6.45) is 5.00. The number of amides is 2. The summed E-state index contributed by atoms with van der Waals surface area (Å²) in [6.45, 7) is 5.14. The van der Waals surface area contributed by atoms with Crippen molar-refractivity contribution in [2.75, 3.05) is 6.61 Å². The van der Waals surface area contributed by atoms with Crippen LogP contribution in [0.2, 0.25) is 0 Å². The van der Waals surface area contributed by atoms with Crippen LogP contribution < -0.4 is 0 Å². The maximum atomic E-state index is 12.1. The van der Waals surface area contributed by atoms with Crippen molar-refractivity contribution in [3.63, 3.8) is 0 Å². The molecule has 2 aliphatic rings. The van der Waals surface area contributed by atoms with Crippen LogP contribution in [0.25, 0.3) is 0 Å². The zero-order valence-electron chi connectivity index (χ0n) is 12.5. The number of imide groups is 1. The first-order chi connectivity index (χ1) is 9.32. The van der Waals surface area contributed by atoms with E-state index in [1.54, 1.807) is 13.8 Å². The van der Waals surface area contributed by atoms with E-state index in [9.17, 15) is 14.4 Å². The van der Waals surface area contributed by atoms with Gasteiger partial charge in [0.05, 0.1) is 17.4 Å². The van der Waals surface area contributed by atoms with Crippen molar-refractivity contribution in [1.82, 2.24) is 4.90 Å². The molecule has 5 heteroatoms. The Kier molecular flexibility index (Phi) is 3.89. The summed E-state index contributed by atoms with van der Waals surface area (Å²) in [7, 11) is 0. The fourth-order valence-corrected chi connectivity index (χ4v) is 2.98. The minimum absolute atomic E-state index is 0.136. The lowest BCUT2D eigenvalue weighted by Crippen LogP contribution is -2.65. The molecule has 0 bridgehead atoms. The number of β-lactam (4-membered cyclic amide) rings is 1. The van der Waals surface area contributed by atoms with Gasteiger partial charge in [0.1, 0.15) is 0 Å². The molecule has 0 aromatic carbocycles. The van der Waals surface area contributed by atoms with E-state index in [2.05, 4.69) is 0 Å². The van der Waals surface area contributed by atoms with Crippen LogP contribution in [0.3, 0.4) is 0 Å². The zero-order chi connectivity index (χ0) is 15.0. The number of hydrogen-bond acceptors (Lipinski definition) is 4. The molecule has 0 unspecified atom stereocenters. The average Bonchev–Trinajstić information content (AvgIpc) is 2.86. The smallest absolute Gasteiger partial charge is 0.312 e. The van der Waals surface area contributed by atoms with E-state index in [-0.39, 0.29) is 29.9 Å². The Labute approximate surface area is 119 Å². The SMILES string of the molecule is CCC(C)(C)C(=O)OCC(=O)N1C(=O)CC12CCCC2. The molecule has 0 atom stereocenters. The third-order valence-corrected chi connectivity index (χ3v) is 4.75. The molecule has 0 N–H and O–H groups in total. The zero-order valence-corrected chi connectivity index (χ0v) is 12.5. The molecular weight excluding hydrogens is 258 g/mol. The van der Waals surface area contributed by atoms with Gasteiger partial charge in [-0.05, 0) is 33.1 Å². The number of carbonyl (C=O) groups excluding carboxylic acids is 3. The highest BCUT2D eigenvalue weighted by molar-refractivity contribution is 6.02. The molecule has 1 aliphatic carbocycles. The van der Waals surface area contributed by atoms with Crippen molar-refractivity contribution < 1.29 is 19.1 Å². The highest BCUT2D eigenvalue weighted by Gasteiger charge is 2.55. The van der Waals surface area contributed by atoms with E-state index in [0.29, 0.717) is 12.8 Å². The first-order valence-electron chi connectivity index (χ1n) is 7.35. The van der Waals surface area contributed by atoms with Crippen LogP contribution >= 0.6 is 0 Å². The topological polar surface area (TPSA) is 63.7 Å². The summed E-state index contributed by atoms with van der Waals surface area (Å²) in [4.78, 5) is 37.0. The molecular formula is C15H23NO4. The number of ether oxygens (including phenoxy) is 1. The van der Waals surface area contributed by atoms with Crippen LogP contribution in [0, 0.1) is 5.41 Å². The van der Waals surface area contributed by atoms with Gasteiger partial charge in [-0.2, -0.15) is 0 Å². The predicted octanol–water partition coefficient (Wildman–Crippen LogP) is 2.04. The Balaban J connectivity index is 1.92. The molecule has 1 heterocycles. The van der Waals surface area contributed by atoms with Crippen molar-refractivity contribution >= 4 is 17.8 Å². The van der Waals surface area contributed by atoms with E-state index in [0.717, 1.165) is 25.7 Å². The average molecular weight is 281 g/mol. The molecule has 0 aromatic heterocycles. The lowest BCUT2D eigenvalue weighted by atomic mass is 9.82. The molecule has 2 amide bonds. The quantitative estimate of drug-likeness (QED) is 0.584. The Hall–Kier alpha value is -1.39. The van der Waals surface area contributed by atoms with Gasteiger partial charge in [0.15, 0.2) is 6.61 Å². The molecule has 112 valence electrons. The number of nitrogens with zero attached hydrogens (tertiary/aromatic N) is 1. The molecule has 1 aliphatic heterocycles. The van der Waals surface area contributed by atoms with Gasteiger partial charge in [0.25, 0.3) is 5.91 Å². The molecule has 1 spiro atoms. The predicted molar refractivity (Wildman–Crippen MR) is 72.7 cm³/mol. The van der Waals surface area contributed by atoms with Crippen LogP contribution in [-0.4, -0.2) is 34.8 Å². The van der Waals surface area contributed by atoms with Crippen LogP contribution in [0.1, 0.15) is 59.3 Å². The van der Waals surface area contributed by atoms with Crippen LogP contribution in [0.4, 0.5) is 0 Å². The summed E-state index contributed by atoms with van der Waals surface area (Å²) >= 11 is 0. The lowest BCUT2D eigenvalue weighted by Gasteiger charge is -2.48. The number of likely N-dealkylation sites (tertiary alicyclic amines) is 1. The van der Waals surface area contributed by atoms with E-state index >= 15 is 0 Å². The van der Waals surface area contributed by atoms with Gasteiger partial charge in [-0.15, -0.1) is 0 Å². The highest BCUT2D eigenvalue weighted by Crippen LogP contribution is 2.45. The number of hydrogen-bond donors (Lipinski definition) is 0. The third-order valence-electron chi connectivity index (χ3n) is 4.75. The van der Waals surface area contributed by atoms with Crippen molar-refractivity contribution in [1.29, 1.82) is 0 Å². The normalized spacial score (nSPS) is 20.9. The van der Waals surface area contributed by atoms with E-state index in [1.165, 1.54) is 4.90 Å². The monoisotopic (exact) mass is 281 g/mol. The number of esters is 1. The Bertz CT molecular complexity index is 435. The molecule has 1 saturated heterocycles. The first-order valence-corrected chi connectivity index (χ1v) is 7.35. The van der Waals surface area contributed by atoms with Crippen LogP contribution in [0.15, 0.2) is 0 Å². The van der Waals surface area contributed by atoms with Crippen LogP contribution in [0.5, 0.6) is 0 Å². The maximum absolute atomic E-state index is 12.1. The van der Waals surface area contributed by atoms with E-state index in [1.807, 2.05) is 6.92 Å². The fraction of sp³-hybridized carbons (Fsp3) is 0.800. The lowest BCUT2D eigenvalue weighted by molar-refractivity contribution is -0.174. The summed E-state index contributed by atoms with van der Waals surface area (Å²) in [5.41, 5.74) is -0.856. The van der Waals surface area contributed by atoms with Gasteiger partial charge in [-0.3, -0.25) is 19.3 Å². The summed E-state index contributed by atoms with van der Waals surface area (Å²) in [5, 5.41) is 0. The minimum Gasteiger partial charge on any atom is -0.455 e. The standard InChI is InChI=1S/C15H23NO4/c1-4-14(2,3)13(19)20-10-12(18)16-11(17)9-15(16)7-5-6-8-15/h4-10H2,1-3H3. The van der Waals surface area contributed by atoms with Gasteiger partial charge in [0.2, 0.25) is 5.91 Å². The first kappa shape index (κ1) is 15.0.